The lowest BCUT2D eigenvalue weighted by Gasteiger charge is -2.32. The molecule has 0 aromatic carbocycles. The van der Waals surface area contributed by atoms with Crippen molar-refractivity contribution in [3.63, 3.8) is 0 Å². The topological polar surface area (TPSA) is 32.3 Å². The third-order valence-corrected chi connectivity index (χ3v) is 2.37. The minimum atomic E-state index is -0.105. The summed E-state index contributed by atoms with van der Waals surface area (Å²) in [6.07, 6.45) is 3.14. The van der Waals surface area contributed by atoms with Crippen LogP contribution >= 0.6 is 0 Å². The first-order chi connectivity index (χ1) is 5.20. The second kappa shape index (κ2) is 4.07. The van der Waals surface area contributed by atoms with E-state index < -0.39 is 0 Å². The van der Waals surface area contributed by atoms with Crippen molar-refractivity contribution >= 4 is 0 Å². The van der Waals surface area contributed by atoms with Gasteiger partial charge in [-0.1, -0.05) is 13.8 Å². The molecule has 66 valence electrons. The van der Waals surface area contributed by atoms with Crippen molar-refractivity contribution in [2.75, 3.05) is 6.54 Å². The van der Waals surface area contributed by atoms with E-state index >= 15 is 0 Å². The summed E-state index contributed by atoms with van der Waals surface area (Å²) in [5.41, 5.74) is 0. The molecule has 1 rings (SSSR count). The van der Waals surface area contributed by atoms with Gasteiger partial charge in [-0.15, -0.1) is 0 Å². The van der Waals surface area contributed by atoms with Gasteiger partial charge in [0, 0.05) is 6.04 Å². The number of hydrogen-bond donors (Lipinski definition) is 2. The van der Waals surface area contributed by atoms with Gasteiger partial charge in [0.1, 0.15) is 0 Å². The van der Waals surface area contributed by atoms with E-state index in [0.717, 1.165) is 25.8 Å². The van der Waals surface area contributed by atoms with Crippen molar-refractivity contribution in [2.24, 2.45) is 5.92 Å². The average Bonchev–Trinajstić information content (AvgIpc) is 1.79. The van der Waals surface area contributed by atoms with E-state index in [1.54, 1.807) is 0 Å². The molecule has 1 saturated heterocycles. The summed E-state index contributed by atoms with van der Waals surface area (Å²) >= 11 is 0. The van der Waals surface area contributed by atoms with Crippen molar-refractivity contribution in [3.8, 4) is 0 Å². The van der Waals surface area contributed by atoms with E-state index in [2.05, 4.69) is 19.2 Å². The molecule has 1 aliphatic rings. The van der Waals surface area contributed by atoms with Gasteiger partial charge in [-0.25, -0.2) is 0 Å². The molecule has 2 atom stereocenters. The number of rotatable bonds is 4. The van der Waals surface area contributed by atoms with E-state index in [0.29, 0.717) is 12.0 Å². The SMILES string of the molecule is CC(C)CCC(O)C1CCN1. The second-order valence-electron chi connectivity index (χ2n) is 3.89. The molecule has 0 spiro atoms. The zero-order chi connectivity index (χ0) is 8.27. The highest BCUT2D eigenvalue weighted by Gasteiger charge is 2.24. The Kier molecular flexibility index (Phi) is 3.34. The molecule has 2 nitrogen and oxygen atoms in total. The average molecular weight is 157 g/mol. The maximum Gasteiger partial charge on any atom is 0.0693 e. The van der Waals surface area contributed by atoms with Gasteiger partial charge < -0.3 is 10.4 Å². The first-order valence-corrected chi connectivity index (χ1v) is 4.61. The van der Waals surface area contributed by atoms with Gasteiger partial charge in [-0.05, 0) is 31.7 Å². The molecular weight excluding hydrogens is 138 g/mol. The van der Waals surface area contributed by atoms with Gasteiger partial charge >= 0.3 is 0 Å². The molecular formula is C9H19NO. The first-order valence-electron chi connectivity index (χ1n) is 4.61. The quantitative estimate of drug-likeness (QED) is 0.641. The summed E-state index contributed by atoms with van der Waals surface area (Å²) in [5.74, 6) is 0.713. The maximum absolute atomic E-state index is 9.56. The van der Waals surface area contributed by atoms with Crippen molar-refractivity contribution in [2.45, 2.75) is 45.3 Å². The lowest BCUT2D eigenvalue weighted by Crippen LogP contribution is -2.50. The fraction of sp³-hybridized carbons (Fsp3) is 1.00. The van der Waals surface area contributed by atoms with Crippen molar-refractivity contribution < 1.29 is 5.11 Å². The van der Waals surface area contributed by atoms with Crippen LogP contribution in [-0.4, -0.2) is 23.8 Å². The Labute approximate surface area is 69.0 Å². The van der Waals surface area contributed by atoms with Crippen LogP contribution in [0.2, 0.25) is 0 Å². The Hall–Kier alpha value is -0.0800. The van der Waals surface area contributed by atoms with E-state index in [1.807, 2.05) is 0 Å². The van der Waals surface area contributed by atoms with Crippen molar-refractivity contribution in [3.05, 3.63) is 0 Å². The van der Waals surface area contributed by atoms with E-state index in [4.69, 9.17) is 0 Å². The molecule has 0 amide bonds. The smallest absolute Gasteiger partial charge is 0.0693 e. The predicted octanol–water partition coefficient (Wildman–Crippen LogP) is 1.15. The van der Waals surface area contributed by atoms with Gasteiger partial charge in [0.05, 0.1) is 6.10 Å². The zero-order valence-electron chi connectivity index (χ0n) is 7.51. The zero-order valence-corrected chi connectivity index (χ0v) is 7.51. The highest BCUT2D eigenvalue weighted by molar-refractivity contribution is 4.84. The normalized spacial score (nSPS) is 26.7. The van der Waals surface area contributed by atoms with Crippen LogP contribution < -0.4 is 5.32 Å². The molecule has 0 radical (unpaired) electrons. The van der Waals surface area contributed by atoms with Gasteiger partial charge in [-0.3, -0.25) is 0 Å². The number of aliphatic hydroxyl groups excluding tert-OH is 1. The third-order valence-electron chi connectivity index (χ3n) is 2.37. The minimum Gasteiger partial charge on any atom is -0.392 e. The Morgan fingerprint density at radius 2 is 2.09 bits per heavy atom. The summed E-state index contributed by atoms with van der Waals surface area (Å²) in [5, 5.41) is 12.8. The number of aliphatic hydroxyl groups is 1. The molecule has 0 saturated carbocycles. The summed E-state index contributed by atoms with van der Waals surface area (Å²) in [6.45, 7) is 5.48. The van der Waals surface area contributed by atoms with Gasteiger partial charge in [0.25, 0.3) is 0 Å². The molecule has 0 aromatic rings. The monoisotopic (exact) mass is 157 g/mol. The summed E-state index contributed by atoms with van der Waals surface area (Å²) < 4.78 is 0. The largest absolute Gasteiger partial charge is 0.392 e. The van der Waals surface area contributed by atoms with E-state index in [1.165, 1.54) is 0 Å². The van der Waals surface area contributed by atoms with Crippen LogP contribution in [0.15, 0.2) is 0 Å². The second-order valence-corrected chi connectivity index (χ2v) is 3.89. The molecule has 0 bridgehead atoms. The van der Waals surface area contributed by atoms with Crippen molar-refractivity contribution in [1.82, 2.24) is 5.32 Å². The van der Waals surface area contributed by atoms with Gasteiger partial charge in [0.15, 0.2) is 0 Å². The standard InChI is InChI=1S/C9H19NO/c1-7(2)3-4-9(11)8-5-6-10-8/h7-11H,3-6H2,1-2H3. The summed E-state index contributed by atoms with van der Waals surface area (Å²) in [6, 6.07) is 0.397. The van der Waals surface area contributed by atoms with E-state index in [9.17, 15) is 5.11 Å². The van der Waals surface area contributed by atoms with Crippen molar-refractivity contribution in [1.29, 1.82) is 0 Å². The van der Waals surface area contributed by atoms with Crippen LogP contribution in [0.4, 0.5) is 0 Å². The van der Waals surface area contributed by atoms with Crippen LogP contribution in [0.5, 0.6) is 0 Å². The van der Waals surface area contributed by atoms with E-state index in [-0.39, 0.29) is 6.10 Å². The van der Waals surface area contributed by atoms with Crippen LogP contribution in [-0.2, 0) is 0 Å². The third kappa shape index (κ3) is 2.80. The molecule has 2 N–H and O–H groups in total. The summed E-state index contributed by atoms with van der Waals surface area (Å²) in [4.78, 5) is 0. The van der Waals surface area contributed by atoms with Crippen LogP contribution in [0.3, 0.4) is 0 Å². The highest BCUT2D eigenvalue weighted by Crippen LogP contribution is 2.14. The first kappa shape index (κ1) is 9.01. The Balaban J connectivity index is 2.05. The Bertz CT molecular complexity index is 110. The lowest BCUT2D eigenvalue weighted by molar-refractivity contribution is 0.0827. The van der Waals surface area contributed by atoms with Crippen LogP contribution in [0.25, 0.3) is 0 Å². The van der Waals surface area contributed by atoms with Gasteiger partial charge in [0.2, 0.25) is 0 Å². The molecule has 2 heteroatoms. The molecule has 0 aliphatic carbocycles. The van der Waals surface area contributed by atoms with Crippen LogP contribution in [0, 0.1) is 5.92 Å². The molecule has 0 aromatic heterocycles. The fourth-order valence-electron chi connectivity index (χ4n) is 1.34. The fourth-order valence-corrected chi connectivity index (χ4v) is 1.34. The lowest BCUT2D eigenvalue weighted by atomic mass is 9.95. The Morgan fingerprint density at radius 3 is 2.45 bits per heavy atom. The van der Waals surface area contributed by atoms with Gasteiger partial charge in [-0.2, -0.15) is 0 Å². The maximum atomic E-state index is 9.56. The highest BCUT2D eigenvalue weighted by atomic mass is 16.3. The predicted molar refractivity (Wildman–Crippen MR) is 46.5 cm³/mol. The Morgan fingerprint density at radius 1 is 1.45 bits per heavy atom. The molecule has 1 heterocycles. The molecule has 1 aliphatic heterocycles. The summed E-state index contributed by atoms with van der Waals surface area (Å²) in [7, 11) is 0. The molecule has 11 heavy (non-hydrogen) atoms. The number of nitrogens with one attached hydrogen (secondary N) is 1. The molecule has 1 fully saturated rings. The minimum absolute atomic E-state index is 0.105. The number of hydrogen-bond acceptors (Lipinski definition) is 2. The van der Waals surface area contributed by atoms with Crippen LogP contribution in [0.1, 0.15) is 33.1 Å². The molecule has 2 unspecified atom stereocenters.